The number of fused-ring (bicyclic) bond motifs is 1. The van der Waals surface area contributed by atoms with Gasteiger partial charge in [-0.3, -0.25) is 0 Å². The third-order valence-corrected chi connectivity index (χ3v) is 2.04. The summed E-state index contributed by atoms with van der Waals surface area (Å²) in [5, 5.41) is 4.26. The zero-order valence-corrected chi connectivity index (χ0v) is 7.36. The Labute approximate surface area is 71.8 Å². The van der Waals surface area contributed by atoms with Gasteiger partial charge in [-0.1, -0.05) is 19.9 Å². The second-order valence-electron chi connectivity index (χ2n) is 3.27. The first-order chi connectivity index (χ1) is 5.79. The molecular weight excluding hydrogens is 148 g/mol. The van der Waals surface area contributed by atoms with Crippen LogP contribution < -0.4 is 0 Å². The second kappa shape index (κ2) is 2.63. The lowest BCUT2D eigenvalue weighted by atomic mass is 10.1. The van der Waals surface area contributed by atoms with Crippen molar-refractivity contribution in [2.45, 2.75) is 19.8 Å². The van der Waals surface area contributed by atoms with Crippen LogP contribution in [-0.4, -0.2) is 9.61 Å². The average Bonchev–Trinajstić information content (AvgIpc) is 2.49. The summed E-state index contributed by atoms with van der Waals surface area (Å²) in [7, 11) is 0. The molecule has 0 amide bonds. The highest BCUT2D eigenvalue weighted by atomic mass is 15.2. The summed E-state index contributed by atoms with van der Waals surface area (Å²) in [4.78, 5) is 0. The highest BCUT2D eigenvalue weighted by molar-refractivity contribution is 5.46. The lowest BCUT2D eigenvalue weighted by molar-refractivity contribution is 0.757. The van der Waals surface area contributed by atoms with E-state index in [1.54, 1.807) is 0 Å². The molecule has 2 nitrogen and oxygen atoms in total. The molecule has 0 saturated heterocycles. The van der Waals surface area contributed by atoms with Crippen molar-refractivity contribution in [2.75, 3.05) is 0 Å². The van der Waals surface area contributed by atoms with E-state index < -0.39 is 0 Å². The van der Waals surface area contributed by atoms with Crippen molar-refractivity contribution in [1.82, 2.24) is 9.61 Å². The predicted molar refractivity (Wildman–Crippen MR) is 49.3 cm³/mol. The summed E-state index contributed by atoms with van der Waals surface area (Å²) in [5.41, 5.74) is 2.43. The van der Waals surface area contributed by atoms with Crippen molar-refractivity contribution in [3.63, 3.8) is 0 Å². The highest BCUT2D eigenvalue weighted by Gasteiger charge is 2.03. The Morgan fingerprint density at radius 1 is 1.25 bits per heavy atom. The number of rotatable bonds is 1. The van der Waals surface area contributed by atoms with Crippen LogP contribution in [0.5, 0.6) is 0 Å². The molecular formula is C10H12N2. The predicted octanol–water partition coefficient (Wildman–Crippen LogP) is 2.46. The molecule has 0 atom stereocenters. The molecule has 0 N–H and O–H groups in total. The molecule has 0 radical (unpaired) electrons. The van der Waals surface area contributed by atoms with Gasteiger partial charge in [-0.15, -0.1) is 0 Å². The van der Waals surface area contributed by atoms with E-state index in [1.807, 2.05) is 16.8 Å². The molecule has 62 valence electrons. The molecule has 0 aromatic carbocycles. The molecule has 2 aromatic heterocycles. The van der Waals surface area contributed by atoms with Crippen LogP contribution in [0.1, 0.15) is 25.5 Å². The van der Waals surface area contributed by atoms with Gasteiger partial charge in [-0.05, 0) is 24.1 Å². The van der Waals surface area contributed by atoms with Crippen LogP contribution in [0.15, 0.2) is 30.5 Å². The Balaban J connectivity index is 2.73. The molecule has 0 unspecified atom stereocenters. The van der Waals surface area contributed by atoms with E-state index in [2.05, 4.69) is 37.1 Å². The van der Waals surface area contributed by atoms with Gasteiger partial charge in [0.05, 0.1) is 5.52 Å². The normalized spacial score (nSPS) is 11.2. The number of hydrogen-bond donors (Lipinski definition) is 0. The summed E-state index contributed by atoms with van der Waals surface area (Å²) in [6.07, 6.45) is 1.83. The topological polar surface area (TPSA) is 17.3 Å². The quantitative estimate of drug-likeness (QED) is 0.626. The maximum Gasteiger partial charge on any atom is 0.0664 e. The number of nitrogens with zero attached hydrogens (tertiary/aromatic N) is 2. The van der Waals surface area contributed by atoms with Crippen LogP contribution in [0.4, 0.5) is 0 Å². The third-order valence-electron chi connectivity index (χ3n) is 2.04. The Hall–Kier alpha value is -1.31. The van der Waals surface area contributed by atoms with Gasteiger partial charge in [0, 0.05) is 11.9 Å². The number of aromatic nitrogens is 2. The van der Waals surface area contributed by atoms with Gasteiger partial charge in [0.15, 0.2) is 0 Å². The van der Waals surface area contributed by atoms with E-state index in [1.165, 1.54) is 11.2 Å². The van der Waals surface area contributed by atoms with Gasteiger partial charge in [0.25, 0.3) is 0 Å². The van der Waals surface area contributed by atoms with Gasteiger partial charge in [0.2, 0.25) is 0 Å². The van der Waals surface area contributed by atoms with Crippen molar-refractivity contribution in [1.29, 1.82) is 0 Å². The number of pyridine rings is 1. The Morgan fingerprint density at radius 3 is 2.83 bits per heavy atom. The third kappa shape index (κ3) is 0.998. The lowest BCUT2D eigenvalue weighted by Gasteiger charge is -2.06. The van der Waals surface area contributed by atoms with Crippen LogP contribution in [0.2, 0.25) is 0 Å². The summed E-state index contributed by atoms with van der Waals surface area (Å²) in [6.45, 7) is 4.35. The first-order valence-electron chi connectivity index (χ1n) is 4.21. The van der Waals surface area contributed by atoms with E-state index in [-0.39, 0.29) is 0 Å². The Kier molecular flexibility index (Phi) is 1.61. The summed E-state index contributed by atoms with van der Waals surface area (Å²) in [5.74, 6) is 0.522. The fraction of sp³-hybridized carbons (Fsp3) is 0.300. The van der Waals surface area contributed by atoms with E-state index in [0.717, 1.165) is 0 Å². The minimum atomic E-state index is 0.522. The Bertz CT molecular complexity index is 387. The van der Waals surface area contributed by atoms with Gasteiger partial charge < -0.3 is 0 Å². The Morgan fingerprint density at radius 2 is 2.08 bits per heavy atom. The molecule has 0 fully saturated rings. The van der Waals surface area contributed by atoms with Crippen LogP contribution in [0, 0.1) is 0 Å². The molecule has 0 spiro atoms. The van der Waals surface area contributed by atoms with Gasteiger partial charge in [-0.25, -0.2) is 4.52 Å². The molecule has 2 aromatic rings. The SMILES string of the molecule is CC(C)c1cccc2ccnn12. The average molecular weight is 160 g/mol. The highest BCUT2D eigenvalue weighted by Crippen LogP contribution is 2.15. The van der Waals surface area contributed by atoms with E-state index in [0.29, 0.717) is 5.92 Å². The molecule has 0 saturated carbocycles. The van der Waals surface area contributed by atoms with Crippen LogP contribution in [-0.2, 0) is 0 Å². The van der Waals surface area contributed by atoms with Crippen LogP contribution in [0.3, 0.4) is 0 Å². The first kappa shape index (κ1) is 7.35. The van der Waals surface area contributed by atoms with Crippen molar-refractivity contribution < 1.29 is 0 Å². The standard InChI is InChI=1S/C10H12N2/c1-8(2)10-5-3-4-9-6-7-11-12(9)10/h3-8H,1-2H3. The molecule has 0 bridgehead atoms. The molecule has 12 heavy (non-hydrogen) atoms. The van der Waals surface area contributed by atoms with E-state index in [9.17, 15) is 0 Å². The first-order valence-corrected chi connectivity index (χ1v) is 4.21. The summed E-state index contributed by atoms with van der Waals surface area (Å²) in [6, 6.07) is 8.28. The molecule has 0 aliphatic rings. The maximum atomic E-state index is 4.26. The molecule has 2 heteroatoms. The van der Waals surface area contributed by atoms with E-state index >= 15 is 0 Å². The molecule has 0 aliphatic heterocycles. The van der Waals surface area contributed by atoms with Gasteiger partial charge >= 0.3 is 0 Å². The maximum absolute atomic E-state index is 4.26. The summed E-state index contributed by atoms with van der Waals surface area (Å²) < 4.78 is 1.99. The fourth-order valence-corrected chi connectivity index (χ4v) is 1.41. The van der Waals surface area contributed by atoms with Crippen LogP contribution >= 0.6 is 0 Å². The number of hydrogen-bond acceptors (Lipinski definition) is 1. The van der Waals surface area contributed by atoms with E-state index in [4.69, 9.17) is 0 Å². The lowest BCUT2D eigenvalue weighted by Crippen LogP contribution is -1.99. The monoisotopic (exact) mass is 160 g/mol. The smallest absolute Gasteiger partial charge is 0.0664 e. The van der Waals surface area contributed by atoms with Crippen molar-refractivity contribution in [3.8, 4) is 0 Å². The zero-order valence-electron chi connectivity index (χ0n) is 7.36. The van der Waals surface area contributed by atoms with Crippen molar-refractivity contribution >= 4 is 5.52 Å². The van der Waals surface area contributed by atoms with Crippen molar-refractivity contribution in [3.05, 3.63) is 36.2 Å². The fourth-order valence-electron chi connectivity index (χ4n) is 1.41. The largest absolute Gasteiger partial charge is 0.238 e. The minimum absolute atomic E-state index is 0.522. The zero-order chi connectivity index (χ0) is 8.55. The molecule has 0 aliphatic carbocycles. The molecule has 2 rings (SSSR count). The van der Waals surface area contributed by atoms with Gasteiger partial charge in [-0.2, -0.15) is 5.10 Å². The summed E-state index contributed by atoms with van der Waals surface area (Å²) >= 11 is 0. The minimum Gasteiger partial charge on any atom is -0.238 e. The molecule has 2 heterocycles. The van der Waals surface area contributed by atoms with Gasteiger partial charge in [0.1, 0.15) is 0 Å². The van der Waals surface area contributed by atoms with Crippen molar-refractivity contribution in [2.24, 2.45) is 0 Å². The van der Waals surface area contributed by atoms with Crippen LogP contribution in [0.25, 0.3) is 5.52 Å². The second-order valence-corrected chi connectivity index (χ2v) is 3.27.